The van der Waals surface area contributed by atoms with Crippen LogP contribution >= 0.6 is 0 Å². The number of methoxy groups -OCH3 is 1. The highest BCUT2D eigenvalue weighted by Gasteiger charge is 2.25. The lowest BCUT2D eigenvalue weighted by atomic mass is 10.2. The summed E-state index contributed by atoms with van der Waals surface area (Å²) in [7, 11) is 1.62. The monoisotopic (exact) mass is 379 g/mol. The Kier molecular flexibility index (Phi) is 7.23. The third-order valence-electron chi connectivity index (χ3n) is 5.14. The van der Waals surface area contributed by atoms with Gasteiger partial charge in [0.1, 0.15) is 5.75 Å². The zero-order valence-corrected chi connectivity index (χ0v) is 16.7. The van der Waals surface area contributed by atoms with Gasteiger partial charge < -0.3 is 10.1 Å². The lowest BCUT2D eigenvalue weighted by molar-refractivity contribution is -0.121. The van der Waals surface area contributed by atoms with Gasteiger partial charge in [0.2, 0.25) is 5.91 Å². The first kappa shape index (κ1) is 20.1. The van der Waals surface area contributed by atoms with Crippen molar-refractivity contribution in [1.29, 1.82) is 0 Å². The molecule has 1 amide bonds. The minimum atomic E-state index is -0.159. The molecule has 1 saturated heterocycles. The molecule has 2 aromatic rings. The number of anilines is 1. The van der Waals surface area contributed by atoms with Crippen LogP contribution in [0.1, 0.15) is 12.5 Å². The van der Waals surface area contributed by atoms with Gasteiger partial charge in [0.05, 0.1) is 13.2 Å². The number of piperazine rings is 1. The van der Waals surface area contributed by atoms with E-state index < -0.39 is 0 Å². The predicted molar refractivity (Wildman–Crippen MR) is 115 cm³/mol. The number of benzene rings is 2. The molecule has 0 bridgehead atoms. The molecule has 1 fully saturated rings. The van der Waals surface area contributed by atoms with Gasteiger partial charge in [0.25, 0.3) is 0 Å². The van der Waals surface area contributed by atoms with E-state index in [2.05, 4.69) is 51.5 Å². The van der Waals surface area contributed by atoms with Crippen molar-refractivity contribution in [3.05, 3.63) is 66.2 Å². The van der Waals surface area contributed by atoms with Gasteiger partial charge in [-0.05, 0) is 24.6 Å². The lowest BCUT2D eigenvalue weighted by Crippen LogP contribution is -2.52. The lowest BCUT2D eigenvalue weighted by Gasteiger charge is -2.37. The van der Waals surface area contributed by atoms with Gasteiger partial charge in [-0.15, -0.1) is 0 Å². The molecule has 0 aliphatic carbocycles. The van der Waals surface area contributed by atoms with Gasteiger partial charge in [0, 0.05) is 44.5 Å². The van der Waals surface area contributed by atoms with Gasteiger partial charge in [-0.25, -0.2) is 0 Å². The molecule has 0 aromatic heterocycles. The van der Waals surface area contributed by atoms with Crippen LogP contribution < -0.4 is 10.1 Å². The molecule has 28 heavy (non-hydrogen) atoms. The summed E-state index contributed by atoms with van der Waals surface area (Å²) in [5.41, 5.74) is 1.99. The summed E-state index contributed by atoms with van der Waals surface area (Å²) in [5.74, 6) is 0.758. The van der Waals surface area contributed by atoms with Crippen molar-refractivity contribution in [1.82, 2.24) is 9.80 Å². The Morgan fingerprint density at radius 3 is 2.57 bits per heavy atom. The molecule has 2 aromatic carbocycles. The molecule has 1 heterocycles. The largest absolute Gasteiger partial charge is 0.497 e. The third-order valence-corrected chi connectivity index (χ3v) is 5.14. The van der Waals surface area contributed by atoms with Crippen molar-refractivity contribution in [3.63, 3.8) is 0 Å². The number of carbonyl (C=O) groups is 1. The molecular weight excluding hydrogens is 350 g/mol. The van der Waals surface area contributed by atoms with Crippen LogP contribution in [0.3, 0.4) is 0 Å². The van der Waals surface area contributed by atoms with E-state index in [9.17, 15) is 4.79 Å². The van der Waals surface area contributed by atoms with Gasteiger partial charge in [-0.3, -0.25) is 14.6 Å². The highest BCUT2D eigenvalue weighted by atomic mass is 16.5. The Morgan fingerprint density at radius 1 is 1.11 bits per heavy atom. The van der Waals surface area contributed by atoms with Crippen molar-refractivity contribution in [2.45, 2.75) is 13.0 Å². The van der Waals surface area contributed by atoms with Crippen LogP contribution in [0.5, 0.6) is 5.75 Å². The first-order valence-corrected chi connectivity index (χ1v) is 9.78. The number of carbonyl (C=O) groups excluding carboxylic acids is 1. The van der Waals surface area contributed by atoms with Crippen molar-refractivity contribution < 1.29 is 9.53 Å². The summed E-state index contributed by atoms with van der Waals surface area (Å²) < 4.78 is 5.21. The fourth-order valence-electron chi connectivity index (χ4n) is 3.35. The second-order valence-electron chi connectivity index (χ2n) is 7.05. The van der Waals surface area contributed by atoms with Gasteiger partial charge in [-0.2, -0.15) is 0 Å². The quantitative estimate of drug-likeness (QED) is 0.801. The summed E-state index contributed by atoms with van der Waals surface area (Å²) in [5, 5.41) is 2.99. The van der Waals surface area contributed by atoms with Crippen molar-refractivity contribution in [2.24, 2.45) is 0 Å². The van der Waals surface area contributed by atoms with E-state index in [-0.39, 0.29) is 11.9 Å². The molecule has 1 aliphatic heterocycles. The zero-order chi connectivity index (χ0) is 19.8. The number of ether oxygens (including phenoxy) is 1. The molecule has 3 rings (SSSR count). The number of nitrogens with zero attached hydrogens (tertiary/aromatic N) is 2. The Morgan fingerprint density at radius 2 is 1.86 bits per heavy atom. The van der Waals surface area contributed by atoms with Gasteiger partial charge >= 0.3 is 0 Å². The second-order valence-corrected chi connectivity index (χ2v) is 7.05. The average molecular weight is 380 g/mol. The van der Waals surface area contributed by atoms with Crippen molar-refractivity contribution in [3.8, 4) is 5.75 Å². The van der Waals surface area contributed by atoms with Crippen LogP contribution in [-0.2, 0) is 4.79 Å². The average Bonchev–Trinajstić information content (AvgIpc) is 2.74. The Bertz CT molecular complexity index is 783. The molecule has 1 aliphatic rings. The van der Waals surface area contributed by atoms with Crippen LogP contribution in [0, 0.1) is 0 Å². The van der Waals surface area contributed by atoms with Crippen molar-refractivity contribution in [2.75, 3.05) is 45.2 Å². The first-order chi connectivity index (χ1) is 13.7. The fraction of sp³-hybridized carbons (Fsp3) is 0.348. The topological polar surface area (TPSA) is 44.8 Å². The number of amides is 1. The molecule has 1 atom stereocenters. The first-order valence-electron chi connectivity index (χ1n) is 9.78. The fourth-order valence-corrected chi connectivity index (χ4v) is 3.35. The van der Waals surface area contributed by atoms with E-state index in [1.165, 1.54) is 5.56 Å². The SMILES string of the molecule is COc1cccc(NC(=O)[C@@H](C)N2CCN(C/C=C/c3ccccc3)CC2)c1. The van der Waals surface area contributed by atoms with Crippen molar-refractivity contribution >= 4 is 17.7 Å². The third kappa shape index (κ3) is 5.68. The highest BCUT2D eigenvalue weighted by Crippen LogP contribution is 2.17. The van der Waals surface area contributed by atoms with E-state index in [4.69, 9.17) is 4.74 Å². The van der Waals surface area contributed by atoms with E-state index in [1.807, 2.05) is 37.3 Å². The number of hydrogen-bond acceptors (Lipinski definition) is 4. The highest BCUT2D eigenvalue weighted by molar-refractivity contribution is 5.94. The molecular formula is C23H29N3O2. The second kappa shape index (κ2) is 10.1. The standard InChI is InChI=1S/C23H29N3O2/c1-19(23(27)24-21-11-6-12-22(18-21)28-2)26-16-14-25(15-17-26)13-7-10-20-8-4-3-5-9-20/h3-12,18-19H,13-17H2,1-2H3,(H,24,27)/b10-7+/t19-/m1/s1. The van der Waals surface area contributed by atoms with E-state index in [1.54, 1.807) is 7.11 Å². The molecule has 0 radical (unpaired) electrons. The summed E-state index contributed by atoms with van der Waals surface area (Å²) in [6, 6.07) is 17.6. The minimum absolute atomic E-state index is 0.0191. The maximum absolute atomic E-state index is 12.6. The summed E-state index contributed by atoms with van der Waals surface area (Å²) in [6.45, 7) is 6.64. The molecule has 5 heteroatoms. The molecule has 1 N–H and O–H groups in total. The van der Waals surface area contributed by atoms with Gasteiger partial charge in [-0.1, -0.05) is 48.6 Å². The molecule has 0 spiro atoms. The molecule has 5 nitrogen and oxygen atoms in total. The van der Waals surface area contributed by atoms with E-state index >= 15 is 0 Å². The van der Waals surface area contributed by atoms with Gasteiger partial charge in [0.15, 0.2) is 0 Å². The number of hydrogen-bond donors (Lipinski definition) is 1. The van der Waals surface area contributed by atoms with Crippen LogP contribution in [0.4, 0.5) is 5.69 Å². The normalized spacial score (nSPS) is 16.8. The zero-order valence-electron chi connectivity index (χ0n) is 16.7. The van der Waals surface area contributed by atoms with Crippen LogP contribution in [0.2, 0.25) is 0 Å². The van der Waals surface area contributed by atoms with E-state index in [0.29, 0.717) is 0 Å². The number of nitrogens with one attached hydrogen (secondary N) is 1. The maximum atomic E-state index is 12.6. The molecule has 148 valence electrons. The smallest absolute Gasteiger partial charge is 0.241 e. The summed E-state index contributed by atoms with van der Waals surface area (Å²) >= 11 is 0. The number of rotatable bonds is 7. The Labute approximate surface area is 167 Å². The van der Waals surface area contributed by atoms with Crippen LogP contribution in [0.25, 0.3) is 6.08 Å². The Balaban J connectivity index is 1.44. The molecule has 0 saturated carbocycles. The van der Waals surface area contributed by atoms with Crippen LogP contribution in [-0.4, -0.2) is 61.6 Å². The predicted octanol–water partition coefficient (Wildman–Crippen LogP) is 3.35. The summed E-state index contributed by atoms with van der Waals surface area (Å²) in [6.07, 6.45) is 4.38. The summed E-state index contributed by atoms with van der Waals surface area (Å²) in [4.78, 5) is 17.3. The molecule has 0 unspecified atom stereocenters. The van der Waals surface area contributed by atoms with Crippen LogP contribution in [0.15, 0.2) is 60.7 Å². The maximum Gasteiger partial charge on any atom is 0.241 e. The Hall–Kier alpha value is -2.63. The van der Waals surface area contributed by atoms with E-state index in [0.717, 1.165) is 44.2 Å². The minimum Gasteiger partial charge on any atom is -0.497 e.